The second-order valence-corrected chi connectivity index (χ2v) is 10.1. The SMILES string of the molecule is CCCCN(CCC)c1ccc2c(c1)Oc1ccc(Nc3ccccc3O)cc1C21OC(=O)c2ccccc21. The van der Waals surface area contributed by atoms with Gasteiger partial charge in [-0.3, -0.25) is 0 Å². The normalized spacial score (nSPS) is 16.6. The van der Waals surface area contributed by atoms with E-state index in [1.807, 2.05) is 60.7 Å². The number of unbranched alkanes of at least 4 members (excludes halogenated alkanes) is 1. The number of ether oxygens (including phenoxy) is 2. The summed E-state index contributed by atoms with van der Waals surface area (Å²) in [6.45, 7) is 6.33. The van der Waals surface area contributed by atoms with Crippen molar-refractivity contribution in [3.05, 3.63) is 107 Å². The number of para-hydroxylation sites is 2. The van der Waals surface area contributed by atoms with Crippen LogP contribution >= 0.6 is 0 Å². The summed E-state index contributed by atoms with van der Waals surface area (Å²) in [5.41, 5.74) is 4.15. The lowest BCUT2D eigenvalue weighted by Crippen LogP contribution is -2.33. The van der Waals surface area contributed by atoms with Crippen LogP contribution in [0.1, 0.15) is 60.2 Å². The van der Waals surface area contributed by atoms with Crippen LogP contribution < -0.4 is 15.0 Å². The minimum absolute atomic E-state index is 0.149. The number of aromatic hydroxyl groups is 1. The third kappa shape index (κ3) is 4.16. The number of hydrogen-bond donors (Lipinski definition) is 2. The third-order valence-corrected chi connectivity index (χ3v) is 7.52. The molecule has 6 nitrogen and oxygen atoms in total. The van der Waals surface area contributed by atoms with Crippen LogP contribution in [0.5, 0.6) is 17.2 Å². The van der Waals surface area contributed by atoms with Gasteiger partial charge in [0.1, 0.15) is 17.2 Å². The second kappa shape index (κ2) is 10.0. The van der Waals surface area contributed by atoms with Crippen LogP contribution in [0.25, 0.3) is 0 Å². The van der Waals surface area contributed by atoms with Crippen molar-refractivity contribution in [3.8, 4) is 17.2 Å². The summed E-state index contributed by atoms with van der Waals surface area (Å²) in [5.74, 6) is 1.10. The summed E-state index contributed by atoms with van der Waals surface area (Å²) in [5, 5.41) is 13.6. The van der Waals surface area contributed by atoms with Crippen molar-refractivity contribution in [2.24, 2.45) is 0 Å². The van der Waals surface area contributed by atoms with E-state index in [1.165, 1.54) is 0 Å². The Kier molecular flexibility index (Phi) is 6.39. The molecule has 0 aromatic heterocycles. The zero-order valence-electron chi connectivity index (χ0n) is 22.2. The molecular weight excluding hydrogens is 488 g/mol. The molecule has 0 fully saturated rings. The van der Waals surface area contributed by atoms with Gasteiger partial charge < -0.3 is 24.8 Å². The molecule has 1 spiro atoms. The molecule has 2 heterocycles. The fourth-order valence-corrected chi connectivity index (χ4v) is 5.66. The molecule has 1 atom stereocenters. The Labute approximate surface area is 228 Å². The molecule has 1 unspecified atom stereocenters. The van der Waals surface area contributed by atoms with Crippen LogP contribution in [0.2, 0.25) is 0 Å². The summed E-state index contributed by atoms with van der Waals surface area (Å²) in [4.78, 5) is 15.6. The van der Waals surface area contributed by atoms with Crippen molar-refractivity contribution in [2.75, 3.05) is 23.3 Å². The molecule has 0 amide bonds. The molecule has 4 aromatic rings. The molecule has 2 aliphatic rings. The van der Waals surface area contributed by atoms with Gasteiger partial charge in [0.05, 0.1) is 11.3 Å². The van der Waals surface area contributed by atoms with Gasteiger partial charge in [0, 0.05) is 47.2 Å². The number of phenols is 1. The van der Waals surface area contributed by atoms with Crippen LogP contribution in [0.15, 0.2) is 84.9 Å². The van der Waals surface area contributed by atoms with E-state index in [9.17, 15) is 9.90 Å². The number of nitrogens with zero attached hydrogens (tertiary/aromatic N) is 1. The van der Waals surface area contributed by atoms with Crippen molar-refractivity contribution < 1.29 is 19.4 Å². The molecule has 0 aliphatic carbocycles. The van der Waals surface area contributed by atoms with Crippen LogP contribution in [-0.2, 0) is 10.3 Å². The van der Waals surface area contributed by atoms with Crippen molar-refractivity contribution in [1.29, 1.82) is 0 Å². The van der Waals surface area contributed by atoms with Crippen molar-refractivity contribution >= 4 is 23.0 Å². The maximum Gasteiger partial charge on any atom is 0.340 e. The number of nitrogens with one attached hydrogen (secondary N) is 1. The molecule has 2 aliphatic heterocycles. The van der Waals surface area contributed by atoms with Gasteiger partial charge in [-0.15, -0.1) is 0 Å². The first-order valence-electron chi connectivity index (χ1n) is 13.6. The quantitative estimate of drug-likeness (QED) is 0.183. The molecule has 0 saturated carbocycles. The minimum atomic E-state index is -1.15. The molecule has 0 radical (unpaired) electrons. The number of rotatable bonds is 8. The fourth-order valence-electron chi connectivity index (χ4n) is 5.66. The Bertz CT molecular complexity index is 1550. The first-order valence-corrected chi connectivity index (χ1v) is 13.6. The number of fused-ring (bicyclic) bond motifs is 6. The number of esters is 1. The molecule has 4 aromatic carbocycles. The smallest absolute Gasteiger partial charge is 0.340 e. The fraction of sp³-hybridized carbons (Fsp3) is 0.242. The van der Waals surface area contributed by atoms with E-state index in [0.717, 1.165) is 60.4 Å². The van der Waals surface area contributed by atoms with Crippen LogP contribution in [0.3, 0.4) is 0 Å². The standard InChI is InChI=1S/C33H32N2O4/c1-3-5-19-35(18-4-2)23-15-16-26-31(21-23)38-30-17-14-22(34-28-12-8-9-13-29(28)36)20-27(30)33(26)25-11-7-6-10-24(25)32(37)39-33/h6-17,20-21,34,36H,3-5,18-19H2,1-2H3. The highest BCUT2D eigenvalue weighted by atomic mass is 16.6. The zero-order chi connectivity index (χ0) is 27.0. The van der Waals surface area contributed by atoms with E-state index in [2.05, 4.69) is 36.2 Å². The average molecular weight is 521 g/mol. The minimum Gasteiger partial charge on any atom is -0.506 e. The van der Waals surface area contributed by atoms with Gasteiger partial charge in [-0.25, -0.2) is 4.79 Å². The van der Waals surface area contributed by atoms with Crippen LogP contribution in [0, 0.1) is 0 Å². The van der Waals surface area contributed by atoms with Gasteiger partial charge >= 0.3 is 5.97 Å². The number of anilines is 3. The Balaban J connectivity index is 1.50. The Morgan fingerprint density at radius 3 is 2.46 bits per heavy atom. The topological polar surface area (TPSA) is 71.0 Å². The van der Waals surface area contributed by atoms with Crippen molar-refractivity contribution in [1.82, 2.24) is 0 Å². The van der Waals surface area contributed by atoms with Crippen molar-refractivity contribution in [3.63, 3.8) is 0 Å². The van der Waals surface area contributed by atoms with Gasteiger partial charge in [0.15, 0.2) is 5.60 Å². The van der Waals surface area contributed by atoms with Gasteiger partial charge in [-0.1, -0.05) is 50.6 Å². The van der Waals surface area contributed by atoms with E-state index in [1.54, 1.807) is 12.1 Å². The molecule has 0 saturated heterocycles. The molecule has 6 rings (SSSR count). The predicted molar refractivity (Wildman–Crippen MR) is 153 cm³/mol. The Hall–Kier alpha value is -4.45. The lowest BCUT2D eigenvalue weighted by Gasteiger charge is -2.37. The van der Waals surface area contributed by atoms with Gasteiger partial charge in [0.25, 0.3) is 0 Å². The average Bonchev–Trinajstić information content (AvgIpc) is 3.25. The number of carbonyl (C=O) groups excluding carboxylic acids is 1. The Morgan fingerprint density at radius 1 is 0.821 bits per heavy atom. The largest absolute Gasteiger partial charge is 0.506 e. The summed E-state index contributed by atoms with van der Waals surface area (Å²) < 4.78 is 12.9. The maximum absolute atomic E-state index is 13.2. The summed E-state index contributed by atoms with van der Waals surface area (Å²) in [6.07, 6.45) is 3.29. The number of phenolic OH excluding ortho intramolecular Hbond substituents is 1. The highest BCUT2D eigenvalue weighted by molar-refractivity contribution is 5.97. The molecule has 0 bridgehead atoms. The van der Waals surface area contributed by atoms with Crippen molar-refractivity contribution in [2.45, 2.75) is 38.7 Å². The van der Waals surface area contributed by atoms with E-state index in [-0.39, 0.29) is 11.7 Å². The van der Waals surface area contributed by atoms with Crippen LogP contribution in [0.4, 0.5) is 17.1 Å². The predicted octanol–water partition coefficient (Wildman–Crippen LogP) is 7.72. The Morgan fingerprint density at radius 2 is 1.64 bits per heavy atom. The van der Waals surface area contributed by atoms with Crippen LogP contribution in [-0.4, -0.2) is 24.2 Å². The number of hydrogen-bond acceptors (Lipinski definition) is 6. The maximum atomic E-state index is 13.2. The van der Waals surface area contributed by atoms with E-state index in [4.69, 9.17) is 9.47 Å². The second-order valence-electron chi connectivity index (χ2n) is 10.1. The first-order chi connectivity index (χ1) is 19.0. The molecular formula is C33H32N2O4. The van der Waals surface area contributed by atoms with Gasteiger partial charge in [-0.05, 0) is 61.4 Å². The molecule has 198 valence electrons. The molecule has 6 heteroatoms. The number of carbonyl (C=O) groups is 1. The summed E-state index contributed by atoms with van der Waals surface area (Å²) in [6, 6.07) is 26.6. The van der Waals surface area contributed by atoms with E-state index >= 15 is 0 Å². The highest BCUT2D eigenvalue weighted by Gasteiger charge is 2.53. The third-order valence-electron chi connectivity index (χ3n) is 7.52. The molecule has 39 heavy (non-hydrogen) atoms. The highest BCUT2D eigenvalue weighted by Crippen LogP contribution is 2.57. The monoisotopic (exact) mass is 520 g/mol. The van der Waals surface area contributed by atoms with E-state index in [0.29, 0.717) is 22.7 Å². The van der Waals surface area contributed by atoms with E-state index < -0.39 is 5.60 Å². The first kappa shape index (κ1) is 24.9. The van der Waals surface area contributed by atoms with Gasteiger partial charge in [-0.2, -0.15) is 0 Å². The van der Waals surface area contributed by atoms with Gasteiger partial charge in [0.2, 0.25) is 0 Å². The zero-order valence-corrected chi connectivity index (χ0v) is 22.2. The lowest BCUT2D eigenvalue weighted by molar-refractivity contribution is 0.0224. The summed E-state index contributed by atoms with van der Waals surface area (Å²) in [7, 11) is 0. The molecule has 2 N–H and O–H groups in total. The lowest BCUT2D eigenvalue weighted by atomic mass is 9.77. The number of benzene rings is 4. The summed E-state index contributed by atoms with van der Waals surface area (Å²) >= 11 is 0.